The lowest BCUT2D eigenvalue weighted by Gasteiger charge is -2.55. The fourth-order valence-corrected chi connectivity index (χ4v) is 8.02. The predicted molar refractivity (Wildman–Crippen MR) is 120 cm³/mol. The van der Waals surface area contributed by atoms with Gasteiger partial charge in [0, 0.05) is 17.5 Å². The van der Waals surface area contributed by atoms with Gasteiger partial charge in [0.05, 0.1) is 4.90 Å². The van der Waals surface area contributed by atoms with Gasteiger partial charge in [0.2, 0.25) is 15.2 Å². The van der Waals surface area contributed by atoms with Crippen molar-refractivity contribution < 1.29 is 13.2 Å². The third-order valence-electron chi connectivity index (χ3n) is 6.98. The number of hydrogen-bond donors (Lipinski definition) is 2. The van der Waals surface area contributed by atoms with Gasteiger partial charge in [-0.3, -0.25) is 10.1 Å². The lowest BCUT2D eigenvalue weighted by molar-refractivity contribution is -0.00555. The highest BCUT2D eigenvalue weighted by molar-refractivity contribution is 7.89. The Kier molecular flexibility index (Phi) is 5.22. The lowest BCUT2D eigenvalue weighted by atomic mass is 9.50. The molecule has 0 radical (unpaired) electrons. The summed E-state index contributed by atoms with van der Waals surface area (Å²) in [6, 6.07) is 5.83. The molecule has 0 atom stereocenters. The van der Waals surface area contributed by atoms with E-state index >= 15 is 0 Å². The van der Waals surface area contributed by atoms with Gasteiger partial charge in [-0.25, -0.2) is 13.1 Å². The first-order valence-electron chi connectivity index (χ1n) is 10.7. The van der Waals surface area contributed by atoms with Crippen LogP contribution in [0.25, 0.3) is 0 Å². The number of nitrogens with zero attached hydrogens (tertiary/aromatic N) is 2. The van der Waals surface area contributed by atoms with Gasteiger partial charge in [-0.1, -0.05) is 17.4 Å². The molecule has 1 amide bonds. The summed E-state index contributed by atoms with van der Waals surface area (Å²) in [5.41, 5.74) is 0.526. The minimum atomic E-state index is -3.62. The molecular weight excluding hydrogens is 432 g/mol. The Labute approximate surface area is 186 Å². The normalized spacial score (nSPS) is 29.1. The van der Waals surface area contributed by atoms with Crippen molar-refractivity contribution in [3.8, 4) is 0 Å². The first-order chi connectivity index (χ1) is 14.9. The number of carbonyl (C=O) groups excluding carboxylic acids is 1. The molecule has 4 bridgehead atoms. The Morgan fingerprint density at radius 2 is 1.71 bits per heavy atom. The summed E-state index contributed by atoms with van der Waals surface area (Å²) in [5.74, 6) is 2.15. The molecule has 164 valence electrons. The van der Waals surface area contributed by atoms with Gasteiger partial charge in [0.25, 0.3) is 5.91 Å². The highest BCUT2D eigenvalue weighted by Gasteiger charge is 2.53. The summed E-state index contributed by atoms with van der Waals surface area (Å²) >= 11 is 1.49. The molecule has 7 nitrogen and oxygen atoms in total. The fraction of sp³-hybridized carbons (Fsp3) is 0.500. The zero-order chi connectivity index (χ0) is 21.6. The molecule has 0 unspecified atom stereocenters. The maximum absolute atomic E-state index is 12.7. The van der Waals surface area contributed by atoms with Crippen molar-refractivity contribution in [3.63, 3.8) is 0 Å². The minimum absolute atomic E-state index is 0.103. The molecule has 2 N–H and O–H groups in total. The number of aromatic nitrogens is 2. The van der Waals surface area contributed by atoms with Gasteiger partial charge in [-0.05, 0) is 80.5 Å². The average Bonchev–Trinajstić information content (AvgIpc) is 3.21. The van der Waals surface area contributed by atoms with E-state index in [9.17, 15) is 13.2 Å². The van der Waals surface area contributed by atoms with Crippen molar-refractivity contribution in [1.82, 2.24) is 14.9 Å². The second-order valence-electron chi connectivity index (χ2n) is 9.23. The highest BCUT2D eigenvalue weighted by atomic mass is 32.2. The van der Waals surface area contributed by atoms with E-state index in [4.69, 9.17) is 0 Å². The molecular formula is C22H26N4O3S2. The molecule has 4 aliphatic rings. The standard InChI is InChI=1S/C22H26N4O3S2/c1-2-7-23-31(28,29)18-5-3-17(4-6-18)19(27)24-21-26-25-20(30-21)22-11-14-8-15(12-22)10-16(9-14)13-22/h2-6,14-16,23H,1,7-13H2,(H,24,26,27). The maximum atomic E-state index is 12.7. The number of nitrogens with one attached hydrogen (secondary N) is 2. The monoisotopic (exact) mass is 458 g/mol. The van der Waals surface area contributed by atoms with E-state index in [2.05, 4.69) is 26.8 Å². The van der Waals surface area contributed by atoms with Crippen LogP contribution in [0.4, 0.5) is 5.13 Å². The van der Waals surface area contributed by atoms with Crippen LogP contribution < -0.4 is 10.0 Å². The molecule has 1 aromatic carbocycles. The van der Waals surface area contributed by atoms with Gasteiger partial charge in [0.15, 0.2) is 0 Å². The third-order valence-corrected chi connectivity index (χ3v) is 9.51. The molecule has 1 heterocycles. The van der Waals surface area contributed by atoms with E-state index in [1.807, 2.05) is 0 Å². The van der Waals surface area contributed by atoms with E-state index in [1.165, 1.54) is 80.2 Å². The molecule has 4 aliphatic carbocycles. The van der Waals surface area contributed by atoms with E-state index < -0.39 is 10.0 Å². The summed E-state index contributed by atoms with van der Waals surface area (Å²) in [6.07, 6.45) is 9.20. The molecule has 4 saturated carbocycles. The van der Waals surface area contributed by atoms with Gasteiger partial charge < -0.3 is 0 Å². The quantitative estimate of drug-likeness (QED) is 0.616. The number of rotatable bonds is 7. The van der Waals surface area contributed by atoms with Crippen LogP contribution in [0.1, 0.15) is 53.9 Å². The highest BCUT2D eigenvalue weighted by Crippen LogP contribution is 2.61. The summed E-state index contributed by atoms with van der Waals surface area (Å²) in [4.78, 5) is 12.8. The summed E-state index contributed by atoms with van der Waals surface area (Å²) in [7, 11) is -3.62. The Morgan fingerprint density at radius 3 is 2.29 bits per heavy atom. The first-order valence-corrected chi connectivity index (χ1v) is 13.0. The van der Waals surface area contributed by atoms with E-state index in [1.54, 1.807) is 0 Å². The fourth-order valence-electron chi connectivity index (χ4n) is 6.07. The van der Waals surface area contributed by atoms with E-state index in [0.29, 0.717) is 10.7 Å². The van der Waals surface area contributed by atoms with Crippen molar-refractivity contribution in [3.05, 3.63) is 47.5 Å². The van der Waals surface area contributed by atoms with Crippen molar-refractivity contribution in [2.24, 2.45) is 17.8 Å². The van der Waals surface area contributed by atoms with Crippen LogP contribution in [0, 0.1) is 17.8 Å². The molecule has 0 aliphatic heterocycles. The molecule has 2 aromatic rings. The number of carbonyl (C=O) groups is 1. The number of anilines is 1. The van der Waals surface area contributed by atoms with Crippen LogP contribution in [0.5, 0.6) is 0 Å². The zero-order valence-corrected chi connectivity index (χ0v) is 18.8. The average molecular weight is 459 g/mol. The third kappa shape index (κ3) is 3.94. The van der Waals surface area contributed by atoms with Gasteiger partial charge >= 0.3 is 0 Å². The Morgan fingerprint density at radius 1 is 1.10 bits per heavy atom. The van der Waals surface area contributed by atoms with Crippen LogP contribution in [0.2, 0.25) is 0 Å². The number of sulfonamides is 1. The number of benzene rings is 1. The molecule has 0 spiro atoms. The summed E-state index contributed by atoms with van der Waals surface area (Å²) in [5, 5.41) is 13.1. The van der Waals surface area contributed by atoms with E-state index in [0.717, 1.165) is 22.8 Å². The van der Waals surface area contributed by atoms with Crippen molar-refractivity contribution in [2.75, 3.05) is 11.9 Å². The lowest BCUT2D eigenvalue weighted by Crippen LogP contribution is -2.48. The van der Waals surface area contributed by atoms with Gasteiger partial charge in [-0.2, -0.15) is 0 Å². The molecule has 1 aromatic heterocycles. The Balaban J connectivity index is 1.28. The van der Waals surface area contributed by atoms with Gasteiger partial charge in [-0.15, -0.1) is 16.8 Å². The first kappa shape index (κ1) is 20.8. The van der Waals surface area contributed by atoms with Crippen LogP contribution >= 0.6 is 11.3 Å². The number of amides is 1. The minimum Gasteiger partial charge on any atom is -0.296 e. The molecule has 4 fully saturated rings. The Hall–Kier alpha value is -2.10. The SMILES string of the molecule is C=CCNS(=O)(=O)c1ccc(C(=O)Nc2nnc(C34CC5CC(CC(C5)C3)C4)s2)cc1. The molecule has 6 rings (SSSR count). The van der Waals surface area contributed by atoms with Crippen LogP contribution in [-0.2, 0) is 15.4 Å². The van der Waals surface area contributed by atoms with Crippen molar-refractivity contribution in [2.45, 2.75) is 48.8 Å². The van der Waals surface area contributed by atoms with Crippen molar-refractivity contribution >= 4 is 32.4 Å². The number of hydrogen-bond acceptors (Lipinski definition) is 6. The molecule has 0 saturated heterocycles. The topological polar surface area (TPSA) is 101 Å². The second-order valence-corrected chi connectivity index (χ2v) is 12.0. The summed E-state index contributed by atoms with van der Waals surface area (Å²) in [6.45, 7) is 3.65. The van der Waals surface area contributed by atoms with Crippen LogP contribution in [0.3, 0.4) is 0 Å². The smallest absolute Gasteiger partial charge is 0.257 e. The van der Waals surface area contributed by atoms with Gasteiger partial charge in [0.1, 0.15) is 5.01 Å². The van der Waals surface area contributed by atoms with Crippen LogP contribution in [-0.4, -0.2) is 31.1 Å². The summed E-state index contributed by atoms with van der Waals surface area (Å²) < 4.78 is 26.7. The second kappa shape index (κ2) is 7.79. The molecule has 31 heavy (non-hydrogen) atoms. The van der Waals surface area contributed by atoms with Crippen LogP contribution in [0.15, 0.2) is 41.8 Å². The Bertz CT molecular complexity index is 1070. The largest absolute Gasteiger partial charge is 0.296 e. The predicted octanol–water partition coefficient (Wildman–Crippen LogP) is 3.72. The molecule has 9 heteroatoms. The maximum Gasteiger partial charge on any atom is 0.257 e. The van der Waals surface area contributed by atoms with E-state index in [-0.39, 0.29) is 22.8 Å². The zero-order valence-electron chi connectivity index (χ0n) is 17.2. The van der Waals surface area contributed by atoms with Crippen molar-refractivity contribution in [1.29, 1.82) is 0 Å².